The van der Waals surface area contributed by atoms with E-state index in [-0.39, 0.29) is 17.5 Å². The first-order valence-electron chi connectivity index (χ1n) is 9.24. The summed E-state index contributed by atoms with van der Waals surface area (Å²) in [5, 5.41) is 7.25. The first-order chi connectivity index (χ1) is 14.0. The number of rotatable bonds is 6. The standard InChI is InChI=1S/C22H22N2O5/c1-4-6-19(25)29-24-22-17(21(26)23-16-11-9-14(2)10-12-16)13-15-7-5-8-18(27-3)20(15)28-22/h5,7-13H,4,6H2,1-3H3,(H,23,26). The summed E-state index contributed by atoms with van der Waals surface area (Å²) in [4.78, 5) is 29.5. The quantitative estimate of drug-likeness (QED) is 0.501. The molecule has 0 unspecified atom stereocenters. The number of hydrogen-bond donors (Lipinski definition) is 1. The molecule has 0 spiro atoms. The van der Waals surface area contributed by atoms with Crippen LogP contribution in [0.3, 0.4) is 0 Å². The Morgan fingerprint density at radius 2 is 1.90 bits per heavy atom. The average molecular weight is 394 g/mol. The van der Waals surface area contributed by atoms with Crippen molar-refractivity contribution >= 4 is 28.5 Å². The first kappa shape index (κ1) is 20.1. The highest BCUT2D eigenvalue weighted by Gasteiger charge is 2.16. The maximum absolute atomic E-state index is 12.9. The molecule has 0 aliphatic heterocycles. The van der Waals surface area contributed by atoms with Crippen LogP contribution < -0.4 is 15.6 Å². The third-order valence-corrected chi connectivity index (χ3v) is 4.20. The molecule has 1 aromatic heterocycles. The maximum Gasteiger partial charge on any atom is 0.335 e. The Balaban J connectivity index is 2.06. The molecule has 0 saturated heterocycles. The fourth-order valence-corrected chi connectivity index (χ4v) is 2.69. The summed E-state index contributed by atoms with van der Waals surface area (Å²) in [5.41, 5.74) is 2.12. The van der Waals surface area contributed by atoms with Crippen molar-refractivity contribution < 1.29 is 23.6 Å². The van der Waals surface area contributed by atoms with E-state index in [4.69, 9.17) is 14.0 Å². The number of carbonyl (C=O) groups excluding carboxylic acids is 2. The molecule has 0 radical (unpaired) electrons. The van der Waals surface area contributed by atoms with Gasteiger partial charge < -0.3 is 19.3 Å². The fourth-order valence-electron chi connectivity index (χ4n) is 2.69. The van der Waals surface area contributed by atoms with Crippen LogP contribution in [0, 0.1) is 6.92 Å². The molecule has 0 saturated carbocycles. The average Bonchev–Trinajstić information content (AvgIpc) is 2.73. The number of aryl methyl sites for hydroxylation is 1. The zero-order chi connectivity index (χ0) is 20.8. The molecule has 0 fully saturated rings. The lowest BCUT2D eigenvalue weighted by atomic mass is 10.1. The molecule has 1 amide bonds. The summed E-state index contributed by atoms with van der Waals surface area (Å²) in [7, 11) is 1.51. The van der Waals surface area contributed by atoms with Crippen molar-refractivity contribution in [2.24, 2.45) is 5.16 Å². The number of benzene rings is 2. The molecule has 2 aromatic carbocycles. The van der Waals surface area contributed by atoms with Crippen molar-refractivity contribution in [2.45, 2.75) is 26.7 Å². The zero-order valence-electron chi connectivity index (χ0n) is 16.5. The Bertz CT molecular complexity index is 1100. The summed E-state index contributed by atoms with van der Waals surface area (Å²) in [5.74, 6) is -0.468. The number of methoxy groups -OCH3 is 1. The van der Waals surface area contributed by atoms with Crippen LogP contribution in [0.2, 0.25) is 0 Å². The van der Waals surface area contributed by atoms with E-state index < -0.39 is 11.9 Å². The molecule has 0 bridgehead atoms. The van der Waals surface area contributed by atoms with Gasteiger partial charge in [0.25, 0.3) is 11.5 Å². The van der Waals surface area contributed by atoms with Crippen molar-refractivity contribution in [1.82, 2.24) is 0 Å². The van der Waals surface area contributed by atoms with Crippen molar-refractivity contribution in [1.29, 1.82) is 0 Å². The molecule has 3 rings (SSSR count). The molecule has 7 nitrogen and oxygen atoms in total. The second-order valence-electron chi connectivity index (χ2n) is 6.47. The van der Waals surface area contributed by atoms with Gasteiger partial charge in [0.15, 0.2) is 11.3 Å². The third kappa shape index (κ3) is 4.82. The van der Waals surface area contributed by atoms with Gasteiger partial charge in [-0.3, -0.25) is 4.79 Å². The van der Waals surface area contributed by atoms with E-state index in [1.807, 2.05) is 26.0 Å². The summed E-state index contributed by atoms with van der Waals surface area (Å²) in [6.07, 6.45) is 0.836. The number of carbonyl (C=O) groups is 2. The van der Waals surface area contributed by atoms with Gasteiger partial charge in [-0.25, -0.2) is 4.79 Å². The highest BCUT2D eigenvalue weighted by molar-refractivity contribution is 6.05. The minimum absolute atomic E-state index is 0.115. The smallest absolute Gasteiger partial charge is 0.335 e. The van der Waals surface area contributed by atoms with Gasteiger partial charge in [-0.1, -0.05) is 36.8 Å². The fraction of sp³-hybridized carbons (Fsp3) is 0.227. The number of ether oxygens (including phenoxy) is 1. The lowest BCUT2D eigenvalue weighted by Gasteiger charge is -2.08. The molecule has 7 heteroatoms. The van der Waals surface area contributed by atoms with Crippen LogP contribution in [0.4, 0.5) is 5.69 Å². The molecule has 1 N–H and O–H groups in total. The van der Waals surface area contributed by atoms with Gasteiger partial charge in [0.1, 0.15) is 5.56 Å². The van der Waals surface area contributed by atoms with E-state index in [9.17, 15) is 9.59 Å². The Kier molecular flexibility index (Phi) is 6.29. The SMILES string of the molecule is CCCC(=O)ON=c1oc2c(OC)cccc2cc1C(=O)Nc1ccc(C)cc1. The Morgan fingerprint density at radius 1 is 1.14 bits per heavy atom. The van der Waals surface area contributed by atoms with Gasteiger partial charge in [-0.05, 0) is 42.8 Å². The van der Waals surface area contributed by atoms with E-state index in [1.165, 1.54) is 7.11 Å². The van der Waals surface area contributed by atoms with Crippen molar-refractivity contribution in [3.05, 3.63) is 65.2 Å². The van der Waals surface area contributed by atoms with Crippen molar-refractivity contribution in [3.8, 4) is 5.75 Å². The number of hydrogen-bond acceptors (Lipinski definition) is 6. The molecule has 3 aromatic rings. The molecule has 29 heavy (non-hydrogen) atoms. The van der Waals surface area contributed by atoms with E-state index in [0.717, 1.165) is 5.56 Å². The van der Waals surface area contributed by atoms with Gasteiger partial charge in [-0.15, -0.1) is 0 Å². The Morgan fingerprint density at radius 3 is 2.59 bits per heavy atom. The van der Waals surface area contributed by atoms with E-state index in [2.05, 4.69) is 10.5 Å². The summed E-state index contributed by atoms with van der Waals surface area (Å²) < 4.78 is 11.1. The molecule has 0 aliphatic carbocycles. The van der Waals surface area contributed by atoms with Crippen LogP contribution in [-0.4, -0.2) is 19.0 Å². The number of amides is 1. The number of fused-ring (bicyclic) bond motifs is 1. The van der Waals surface area contributed by atoms with Crippen LogP contribution >= 0.6 is 0 Å². The van der Waals surface area contributed by atoms with Crippen molar-refractivity contribution in [2.75, 3.05) is 12.4 Å². The summed E-state index contributed by atoms with van der Waals surface area (Å²) in [6, 6.07) is 14.3. The summed E-state index contributed by atoms with van der Waals surface area (Å²) >= 11 is 0. The maximum atomic E-state index is 12.9. The number of nitrogens with one attached hydrogen (secondary N) is 1. The van der Waals surface area contributed by atoms with Gasteiger partial charge in [0.2, 0.25) is 0 Å². The third-order valence-electron chi connectivity index (χ3n) is 4.20. The highest BCUT2D eigenvalue weighted by atomic mass is 16.7. The van der Waals surface area contributed by atoms with Crippen LogP contribution in [-0.2, 0) is 9.63 Å². The van der Waals surface area contributed by atoms with E-state index in [0.29, 0.717) is 28.8 Å². The lowest BCUT2D eigenvalue weighted by Crippen LogP contribution is -2.22. The predicted octanol–water partition coefficient (Wildman–Crippen LogP) is 4.16. The first-order valence-corrected chi connectivity index (χ1v) is 9.24. The largest absolute Gasteiger partial charge is 0.493 e. The molecule has 150 valence electrons. The molecular weight excluding hydrogens is 372 g/mol. The van der Waals surface area contributed by atoms with Crippen LogP contribution in [0.15, 0.2) is 58.1 Å². The van der Waals surface area contributed by atoms with Crippen LogP contribution in [0.5, 0.6) is 5.75 Å². The Hall–Kier alpha value is -3.61. The zero-order valence-corrected chi connectivity index (χ0v) is 16.5. The minimum atomic E-state index is -0.507. The van der Waals surface area contributed by atoms with Gasteiger partial charge in [0, 0.05) is 17.5 Å². The molecule has 0 aliphatic rings. The predicted molar refractivity (Wildman–Crippen MR) is 108 cm³/mol. The van der Waals surface area contributed by atoms with Gasteiger partial charge in [-0.2, -0.15) is 0 Å². The van der Waals surface area contributed by atoms with E-state index in [1.54, 1.807) is 36.4 Å². The minimum Gasteiger partial charge on any atom is -0.493 e. The normalized spacial score (nSPS) is 11.3. The van der Waals surface area contributed by atoms with Crippen molar-refractivity contribution in [3.63, 3.8) is 0 Å². The Labute approximate surface area is 167 Å². The van der Waals surface area contributed by atoms with Crippen LogP contribution in [0.1, 0.15) is 35.7 Å². The molecule has 1 heterocycles. The summed E-state index contributed by atoms with van der Waals surface area (Å²) in [6.45, 7) is 3.82. The topological polar surface area (TPSA) is 90.1 Å². The number of anilines is 1. The second-order valence-corrected chi connectivity index (χ2v) is 6.47. The second kappa shape index (κ2) is 9.05. The monoisotopic (exact) mass is 394 g/mol. The number of para-hydroxylation sites is 1. The number of nitrogens with zero attached hydrogens (tertiary/aromatic N) is 1. The van der Waals surface area contributed by atoms with Gasteiger partial charge >= 0.3 is 5.97 Å². The molecule has 0 atom stereocenters. The lowest BCUT2D eigenvalue weighted by molar-refractivity contribution is -0.144. The van der Waals surface area contributed by atoms with Crippen LogP contribution in [0.25, 0.3) is 11.0 Å². The highest BCUT2D eigenvalue weighted by Crippen LogP contribution is 2.24. The van der Waals surface area contributed by atoms with E-state index >= 15 is 0 Å². The van der Waals surface area contributed by atoms with Gasteiger partial charge in [0.05, 0.1) is 7.11 Å². The molecular formula is C22H22N2O5.